The number of hydrogen-bond donors (Lipinski definition) is 2. The standard InChI is InChI=1S/C11H17N3O3S2/c1-8(15)5-7-14(2)19(16,17)9-4-3-6-13-10(9)11(12)18/h3-4,6,8,15H,5,7H2,1-2H3,(H2,12,18). The molecule has 8 heteroatoms. The van der Waals surface area contributed by atoms with Gasteiger partial charge in [-0.25, -0.2) is 12.7 Å². The molecule has 0 radical (unpaired) electrons. The molecule has 1 atom stereocenters. The summed E-state index contributed by atoms with van der Waals surface area (Å²) in [5.74, 6) is 0. The first-order valence-corrected chi connectivity index (χ1v) is 7.51. The maximum absolute atomic E-state index is 12.4. The third-order valence-corrected chi connectivity index (χ3v) is 4.64. The minimum atomic E-state index is -3.72. The van der Waals surface area contributed by atoms with E-state index in [4.69, 9.17) is 18.0 Å². The van der Waals surface area contributed by atoms with E-state index in [9.17, 15) is 13.5 Å². The Morgan fingerprint density at radius 2 is 2.26 bits per heavy atom. The van der Waals surface area contributed by atoms with Crippen LogP contribution in [0.3, 0.4) is 0 Å². The number of aliphatic hydroxyl groups excluding tert-OH is 1. The maximum atomic E-state index is 12.4. The van der Waals surface area contributed by atoms with E-state index in [0.717, 1.165) is 4.31 Å². The minimum Gasteiger partial charge on any atom is -0.393 e. The van der Waals surface area contributed by atoms with E-state index < -0.39 is 16.1 Å². The van der Waals surface area contributed by atoms with Crippen molar-refractivity contribution in [2.75, 3.05) is 13.6 Å². The van der Waals surface area contributed by atoms with E-state index >= 15 is 0 Å². The second kappa shape index (κ2) is 6.38. The Labute approximate surface area is 118 Å². The van der Waals surface area contributed by atoms with E-state index in [0.29, 0.717) is 6.42 Å². The molecule has 0 aliphatic carbocycles. The molecule has 6 nitrogen and oxygen atoms in total. The van der Waals surface area contributed by atoms with Crippen molar-refractivity contribution < 1.29 is 13.5 Å². The molecular weight excluding hydrogens is 286 g/mol. The summed E-state index contributed by atoms with van der Waals surface area (Å²) in [6.07, 6.45) is 1.21. The number of aromatic nitrogens is 1. The number of nitrogens with two attached hydrogens (primary N) is 1. The molecule has 3 N–H and O–H groups in total. The molecule has 1 aromatic heterocycles. The zero-order valence-electron chi connectivity index (χ0n) is 10.8. The molecule has 0 fully saturated rings. The quantitative estimate of drug-likeness (QED) is 0.724. The summed E-state index contributed by atoms with van der Waals surface area (Å²) in [6, 6.07) is 2.92. The number of thiocarbonyl (C=S) groups is 1. The third-order valence-electron chi connectivity index (χ3n) is 2.55. The van der Waals surface area contributed by atoms with Crippen LogP contribution in [0.25, 0.3) is 0 Å². The molecule has 0 aromatic carbocycles. The average Bonchev–Trinajstić information content (AvgIpc) is 2.35. The van der Waals surface area contributed by atoms with Crippen LogP contribution < -0.4 is 5.73 Å². The molecule has 0 aliphatic heterocycles. The van der Waals surface area contributed by atoms with Gasteiger partial charge in [0, 0.05) is 19.8 Å². The van der Waals surface area contributed by atoms with Crippen molar-refractivity contribution in [3.8, 4) is 0 Å². The molecule has 0 saturated carbocycles. The van der Waals surface area contributed by atoms with Gasteiger partial charge in [0.1, 0.15) is 15.6 Å². The summed E-state index contributed by atoms with van der Waals surface area (Å²) < 4.78 is 25.9. The van der Waals surface area contributed by atoms with Gasteiger partial charge in [-0.2, -0.15) is 0 Å². The molecule has 19 heavy (non-hydrogen) atoms. The first kappa shape index (κ1) is 16.0. The number of aliphatic hydroxyl groups is 1. The highest BCUT2D eigenvalue weighted by Crippen LogP contribution is 2.17. The SMILES string of the molecule is CC(O)CCN(C)S(=O)(=O)c1cccnc1C(N)=S. The van der Waals surface area contributed by atoms with Gasteiger partial charge in [0.2, 0.25) is 10.0 Å². The van der Waals surface area contributed by atoms with E-state index in [2.05, 4.69) is 4.98 Å². The van der Waals surface area contributed by atoms with Crippen LogP contribution in [0.15, 0.2) is 23.2 Å². The summed E-state index contributed by atoms with van der Waals surface area (Å²) in [5, 5.41) is 9.21. The Bertz CT molecular complexity index is 558. The van der Waals surface area contributed by atoms with Gasteiger partial charge in [-0.15, -0.1) is 0 Å². The van der Waals surface area contributed by atoms with Crippen molar-refractivity contribution in [3.05, 3.63) is 24.0 Å². The molecule has 0 bridgehead atoms. The normalized spacial score (nSPS) is 13.5. The second-order valence-electron chi connectivity index (χ2n) is 4.18. The van der Waals surface area contributed by atoms with Crippen LogP contribution >= 0.6 is 12.2 Å². The molecule has 1 aromatic rings. The van der Waals surface area contributed by atoms with Crippen LogP contribution in [-0.4, -0.2) is 47.5 Å². The van der Waals surface area contributed by atoms with Gasteiger partial charge in [-0.3, -0.25) is 4.98 Å². The summed E-state index contributed by atoms with van der Waals surface area (Å²) >= 11 is 4.80. The van der Waals surface area contributed by atoms with E-state index in [1.165, 1.54) is 25.4 Å². The lowest BCUT2D eigenvalue weighted by Gasteiger charge is -2.19. The van der Waals surface area contributed by atoms with Gasteiger partial charge in [-0.05, 0) is 25.5 Å². The summed E-state index contributed by atoms with van der Waals surface area (Å²) in [4.78, 5) is 3.82. The van der Waals surface area contributed by atoms with Gasteiger partial charge in [0.15, 0.2) is 0 Å². The fourth-order valence-corrected chi connectivity index (χ4v) is 3.01. The summed E-state index contributed by atoms with van der Waals surface area (Å²) in [5.41, 5.74) is 5.56. The fourth-order valence-electron chi connectivity index (χ4n) is 1.44. The van der Waals surface area contributed by atoms with Crippen molar-refractivity contribution in [2.45, 2.75) is 24.3 Å². The largest absolute Gasteiger partial charge is 0.393 e. The zero-order chi connectivity index (χ0) is 14.6. The number of hydrogen-bond acceptors (Lipinski definition) is 5. The summed E-state index contributed by atoms with van der Waals surface area (Å²) in [7, 11) is -2.28. The van der Waals surface area contributed by atoms with Gasteiger partial charge in [-0.1, -0.05) is 12.2 Å². The van der Waals surface area contributed by atoms with Crippen LogP contribution in [0.2, 0.25) is 0 Å². The molecule has 1 rings (SSSR count). The van der Waals surface area contributed by atoms with Crippen molar-refractivity contribution in [2.24, 2.45) is 5.73 Å². The minimum absolute atomic E-state index is 0.0180. The van der Waals surface area contributed by atoms with Crippen LogP contribution in [0, 0.1) is 0 Å². The van der Waals surface area contributed by atoms with Crippen molar-refractivity contribution in [3.63, 3.8) is 0 Å². The van der Waals surface area contributed by atoms with E-state index in [-0.39, 0.29) is 22.1 Å². The maximum Gasteiger partial charge on any atom is 0.245 e. The molecule has 1 unspecified atom stereocenters. The van der Waals surface area contributed by atoms with Gasteiger partial charge < -0.3 is 10.8 Å². The predicted molar refractivity (Wildman–Crippen MR) is 76.2 cm³/mol. The lowest BCUT2D eigenvalue weighted by molar-refractivity contribution is 0.177. The highest BCUT2D eigenvalue weighted by molar-refractivity contribution is 7.89. The second-order valence-corrected chi connectivity index (χ2v) is 6.63. The number of pyridine rings is 1. The molecule has 0 saturated heterocycles. The smallest absolute Gasteiger partial charge is 0.245 e. The predicted octanol–water partition coefficient (Wildman–Crippen LogP) is 0.107. The van der Waals surface area contributed by atoms with E-state index in [1.54, 1.807) is 6.92 Å². The monoisotopic (exact) mass is 303 g/mol. The van der Waals surface area contributed by atoms with E-state index in [1.807, 2.05) is 0 Å². The fraction of sp³-hybridized carbons (Fsp3) is 0.455. The highest BCUT2D eigenvalue weighted by atomic mass is 32.2. The molecule has 0 spiro atoms. The van der Waals surface area contributed by atoms with Gasteiger partial charge >= 0.3 is 0 Å². The molecule has 0 aliphatic rings. The Hall–Kier alpha value is -1.09. The van der Waals surface area contributed by atoms with Gasteiger partial charge in [0.05, 0.1) is 6.10 Å². The van der Waals surface area contributed by atoms with Crippen LogP contribution in [0.1, 0.15) is 19.0 Å². The Morgan fingerprint density at radius 1 is 1.63 bits per heavy atom. The molecule has 1 heterocycles. The number of nitrogens with zero attached hydrogens (tertiary/aromatic N) is 2. The average molecular weight is 303 g/mol. The first-order chi connectivity index (χ1) is 8.76. The van der Waals surface area contributed by atoms with Crippen LogP contribution in [0.5, 0.6) is 0 Å². The molecule has 106 valence electrons. The van der Waals surface area contributed by atoms with Crippen molar-refractivity contribution in [1.29, 1.82) is 0 Å². The van der Waals surface area contributed by atoms with Crippen molar-refractivity contribution >= 4 is 27.2 Å². The zero-order valence-corrected chi connectivity index (χ0v) is 12.4. The van der Waals surface area contributed by atoms with Gasteiger partial charge in [0.25, 0.3) is 0 Å². The highest BCUT2D eigenvalue weighted by Gasteiger charge is 2.25. The lowest BCUT2D eigenvalue weighted by Crippen LogP contribution is -2.31. The van der Waals surface area contributed by atoms with Crippen molar-refractivity contribution in [1.82, 2.24) is 9.29 Å². The molecular formula is C11H17N3O3S2. The summed E-state index contributed by atoms with van der Waals surface area (Å²) in [6.45, 7) is 1.80. The Balaban J connectivity index is 3.10. The number of sulfonamides is 1. The number of rotatable bonds is 6. The Kier molecular flexibility index (Phi) is 5.36. The lowest BCUT2D eigenvalue weighted by atomic mass is 10.3. The first-order valence-electron chi connectivity index (χ1n) is 5.66. The van der Waals surface area contributed by atoms with Crippen LogP contribution in [-0.2, 0) is 10.0 Å². The Morgan fingerprint density at radius 3 is 2.79 bits per heavy atom. The molecule has 0 amide bonds. The topological polar surface area (TPSA) is 96.5 Å². The van der Waals surface area contributed by atoms with Crippen LogP contribution in [0.4, 0.5) is 0 Å². The third kappa shape index (κ3) is 3.93.